The van der Waals surface area contributed by atoms with E-state index in [1.54, 1.807) is 0 Å². The number of ether oxygens (including phenoxy) is 1. The molecule has 2 aromatic rings. The minimum Gasteiger partial charge on any atom is -0.477 e. The summed E-state index contributed by atoms with van der Waals surface area (Å²) in [4.78, 5) is 14.0. The molecule has 0 saturated carbocycles. The zero-order valence-electron chi connectivity index (χ0n) is 11.4. The Hall–Kier alpha value is -2.09. The molecule has 22 heavy (non-hydrogen) atoms. The number of hydrogen-bond acceptors (Lipinski definition) is 3. The number of rotatable bonds is 5. The maximum absolute atomic E-state index is 13.4. The number of benzene rings is 1. The molecule has 0 atom stereocenters. The first-order chi connectivity index (χ1) is 10.4. The van der Waals surface area contributed by atoms with E-state index in [2.05, 4.69) is 4.74 Å². The van der Waals surface area contributed by atoms with E-state index in [-0.39, 0.29) is 6.07 Å². The van der Waals surface area contributed by atoms with Gasteiger partial charge in [0.15, 0.2) is 24.0 Å². The second-order valence-corrected chi connectivity index (χ2v) is 5.45. The summed E-state index contributed by atoms with van der Waals surface area (Å²) in [6, 6.07) is 3.70. The maximum Gasteiger partial charge on any atom is 0.260 e. The normalized spacial score (nSPS) is 10.6. The number of amides is 1. The van der Waals surface area contributed by atoms with Crippen LogP contribution in [-0.2, 0) is 11.3 Å². The average Bonchev–Trinajstić information content (AvgIpc) is 2.97. The van der Waals surface area contributed by atoms with Crippen molar-refractivity contribution >= 4 is 17.2 Å². The van der Waals surface area contributed by atoms with Gasteiger partial charge in [0.25, 0.3) is 5.91 Å². The van der Waals surface area contributed by atoms with Crippen LogP contribution in [-0.4, -0.2) is 24.5 Å². The van der Waals surface area contributed by atoms with E-state index in [0.717, 1.165) is 4.88 Å². The van der Waals surface area contributed by atoms with Crippen molar-refractivity contribution in [2.24, 2.45) is 0 Å². The lowest BCUT2D eigenvalue weighted by molar-refractivity contribution is -0.132. The molecule has 8 heteroatoms. The lowest BCUT2D eigenvalue weighted by atomic mass is 10.3. The van der Waals surface area contributed by atoms with Gasteiger partial charge in [0.2, 0.25) is 11.6 Å². The van der Waals surface area contributed by atoms with E-state index in [9.17, 15) is 22.4 Å². The van der Waals surface area contributed by atoms with Crippen LogP contribution in [0.1, 0.15) is 4.88 Å². The van der Waals surface area contributed by atoms with Crippen LogP contribution in [0.2, 0.25) is 0 Å². The quantitative estimate of drug-likeness (QED) is 0.620. The molecule has 1 amide bonds. The molecule has 1 heterocycles. The Balaban J connectivity index is 2.02. The fourth-order valence-corrected chi connectivity index (χ4v) is 2.40. The highest BCUT2D eigenvalue weighted by Crippen LogP contribution is 2.26. The molecule has 0 spiro atoms. The summed E-state index contributed by atoms with van der Waals surface area (Å²) in [5.74, 6) is -8.35. The van der Waals surface area contributed by atoms with Gasteiger partial charge >= 0.3 is 0 Å². The van der Waals surface area contributed by atoms with Crippen molar-refractivity contribution in [2.75, 3.05) is 13.7 Å². The Morgan fingerprint density at radius 2 is 1.86 bits per heavy atom. The number of carbonyl (C=O) groups is 1. The summed E-state index contributed by atoms with van der Waals surface area (Å²) >= 11 is 1.44. The van der Waals surface area contributed by atoms with Gasteiger partial charge in [-0.2, -0.15) is 8.78 Å². The van der Waals surface area contributed by atoms with Gasteiger partial charge in [-0.3, -0.25) is 4.79 Å². The van der Waals surface area contributed by atoms with Gasteiger partial charge in [-0.25, -0.2) is 8.78 Å². The Bertz CT molecular complexity index is 650. The van der Waals surface area contributed by atoms with E-state index in [4.69, 9.17) is 0 Å². The summed E-state index contributed by atoms with van der Waals surface area (Å²) in [5.41, 5.74) is 0. The maximum atomic E-state index is 13.4. The lowest BCUT2D eigenvalue weighted by Gasteiger charge is -2.17. The van der Waals surface area contributed by atoms with E-state index in [1.165, 1.54) is 23.3 Å². The molecule has 0 bridgehead atoms. The number of halogens is 4. The van der Waals surface area contributed by atoms with Gasteiger partial charge in [-0.15, -0.1) is 11.3 Å². The highest BCUT2D eigenvalue weighted by atomic mass is 32.1. The molecule has 0 saturated heterocycles. The number of hydrogen-bond donors (Lipinski definition) is 0. The lowest BCUT2D eigenvalue weighted by Crippen LogP contribution is -2.31. The predicted octanol–water partition coefficient (Wildman–Crippen LogP) is 3.34. The van der Waals surface area contributed by atoms with Crippen molar-refractivity contribution in [1.29, 1.82) is 0 Å². The smallest absolute Gasteiger partial charge is 0.260 e. The van der Waals surface area contributed by atoms with Crippen molar-refractivity contribution in [2.45, 2.75) is 6.54 Å². The van der Waals surface area contributed by atoms with Crippen LogP contribution in [0.25, 0.3) is 0 Å². The third kappa shape index (κ3) is 3.56. The number of carbonyl (C=O) groups excluding carboxylic acids is 1. The molecule has 0 aliphatic carbocycles. The Morgan fingerprint density at radius 1 is 1.23 bits per heavy atom. The van der Waals surface area contributed by atoms with Crippen LogP contribution >= 0.6 is 11.3 Å². The van der Waals surface area contributed by atoms with Crippen LogP contribution in [0, 0.1) is 23.3 Å². The summed E-state index contributed by atoms with van der Waals surface area (Å²) < 4.78 is 57.4. The topological polar surface area (TPSA) is 29.5 Å². The molecule has 118 valence electrons. The van der Waals surface area contributed by atoms with Crippen molar-refractivity contribution in [1.82, 2.24) is 4.90 Å². The highest BCUT2D eigenvalue weighted by molar-refractivity contribution is 7.09. The Kier molecular flexibility index (Phi) is 5.02. The molecule has 2 rings (SSSR count). The first kappa shape index (κ1) is 16.3. The number of thiophene rings is 1. The van der Waals surface area contributed by atoms with Crippen molar-refractivity contribution in [3.63, 3.8) is 0 Å². The van der Waals surface area contributed by atoms with E-state index < -0.39 is 41.5 Å². The largest absolute Gasteiger partial charge is 0.477 e. The van der Waals surface area contributed by atoms with E-state index in [1.807, 2.05) is 17.5 Å². The first-order valence-corrected chi connectivity index (χ1v) is 7.00. The van der Waals surface area contributed by atoms with Crippen molar-refractivity contribution in [3.05, 3.63) is 51.7 Å². The Labute approximate surface area is 127 Å². The molecule has 0 aliphatic heterocycles. The van der Waals surface area contributed by atoms with E-state index in [0.29, 0.717) is 6.54 Å². The van der Waals surface area contributed by atoms with Crippen molar-refractivity contribution < 1.29 is 27.1 Å². The summed E-state index contributed by atoms with van der Waals surface area (Å²) in [6.45, 7) is -0.444. The SMILES string of the molecule is CN(Cc1cccs1)C(=O)COc1c(F)c(F)cc(F)c1F. The molecule has 3 nitrogen and oxygen atoms in total. The molecule has 1 aromatic heterocycles. The minimum absolute atomic E-state index is 0.0717. The Morgan fingerprint density at radius 3 is 2.41 bits per heavy atom. The fraction of sp³-hybridized carbons (Fsp3) is 0.214. The molecule has 0 unspecified atom stereocenters. The molecule has 0 radical (unpaired) electrons. The van der Waals surface area contributed by atoms with Gasteiger partial charge < -0.3 is 9.64 Å². The summed E-state index contributed by atoms with van der Waals surface area (Å²) in [7, 11) is 1.48. The van der Waals surface area contributed by atoms with Crippen molar-refractivity contribution in [3.8, 4) is 5.75 Å². The first-order valence-electron chi connectivity index (χ1n) is 6.12. The van der Waals surface area contributed by atoms with Crippen LogP contribution in [0.3, 0.4) is 0 Å². The summed E-state index contributed by atoms with van der Waals surface area (Å²) in [5, 5.41) is 1.84. The molecule has 1 aromatic carbocycles. The zero-order valence-corrected chi connectivity index (χ0v) is 12.2. The standard InChI is InChI=1S/C14H11F4NO2S/c1-19(6-8-3-2-4-22-8)11(20)7-21-14-12(17)9(15)5-10(16)13(14)18/h2-5H,6-7H2,1H3. The summed E-state index contributed by atoms with van der Waals surface area (Å²) in [6.07, 6.45) is 0. The molecule has 0 N–H and O–H groups in total. The highest BCUT2D eigenvalue weighted by Gasteiger charge is 2.22. The zero-order chi connectivity index (χ0) is 16.3. The van der Waals surface area contributed by atoms with Gasteiger partial charge in [0, 0.05) is 18.0 Å². The second kappa shape index (κ2) is 6.78. The average molecular weight is 333 g/mol. The van der Waals surface area contributed by atoms with E-state index >= 15 is 0 Å². The van der Waals surface area contributed by atoms with Gasteiger partial charge in [-0.05, 0) is 11.4 Å². The number of nitrogens with zero attached hydrogens (tertiary/aromatic N) is 1. The van der Waals surface area contributed by atoms with Crippen LogP contribution in [0.4, 0.5) is 17.6 Å². The van der Waals surface area contributed by atoms with Gasteiger partial charge in [0.1, 0.15) is 0 Å². The third-order valence-corrected chi connectivity index (χ3v) is 3.67. The molecule has 0 fully saturated rings. The third-order valence-electron chi connectivity index (χ3n) is 2.81. The monoisotopic (exact) mass is 333 g/mol. The fourth-order valence-electron chi connectivity index (χ4n) is 1.65. The second-order valence-electron chi connectivity index (χ2n) is 4.42. The van der Waals surface area contributed by atoms with Crippen LogP contribution in [0.15, 0.2) is 23.6 Å². The van der Waals surface area contributed by atoms with Crippen LogP contribution in [0.5, 0.6) is 5.75 Å². The van der Waals surface area contributed by atoms with Gasteiger partial charge in [0.05, 0.1) is 6.54 Å². The minimum atomic E-state index is -1.67. The molecule has 0 aliphatic rings. The van der Waals surface area contributed by atoms with Gasteiger partial charge in [-0.1, -0.05) is 6.07 Å². The predicted molar refractivity (Wildman–Crippen MR) is 72.6 cm³/mol. The molecular formula is C14H11F4NO2S. The molecular weight excluding hydrogens is 322 g/mol. The number of likely N-dealkylation sites (N-methyl/N-ethyl adjacent to an activating group) is 1. The van der Waals surface area contributed by atoms with Crippen LogP contribution < -0.4 is 4.74 Å².